The van der Waals surface area contributed by atoms with Gasteiger partial charge >= 0.3 is 0 Å². The summed E-state index contributed by atoms with van der Waals surface area (Å²) in [6.07, 6.45) is 0. The van der Waals surface area contributed by atoms with Gasteiger partial charge in [0.15, 0.2) is 0 Å². The van der Waals surface area contributed by atoms with Gasteiger partial charge < -0.3 is 5.11 Å². The number of fused-ring (bicyclic) bond motifs is 1. The summed E-state index contributed by atoms with van der Waals surface area (Å²) in [5.74, 6) is 0.550. The second-order valence-electron chi connectivity index (χ2n) is 3.42. The minimum Gasteiger partial charge on any atom is -0.507 e. The molecular weight excluding hydrogens is 204 g/mol. The van der Waals surface area contributed by atoms with Gasteiger partial charge in [-0.1, -0.05) is 30.3 Å². The van der Waals surface area contributed by atoms with Crippen molar-refractivity contribution >= 4 is 10.8 Å². The highest BCUT2D eigenvalue weighted by Crippen LogP contribution is 2.33. The number of rotatable bonds is 1. The predicted octanol–water partition coefficient (Wildman–Crippen LogP) is 1.73. The lowest BCUT2D eigenvalue weighted by Gasteiger charge is -2.04. The summed E-state index contributed by atoms with van der Waals surface area (Å²) < 4.78 is 0. The van der Waals surface area contributed by atoms with Gasteiger partial charge in [-0.05, 0) is 22.1 Å². The Morgan fingerprint density at radius 3 is 2.75 bits per heavy atom. The van der Waals surface area contributed by atoms with Gasteiger partial charge in [0, 0.05) is 0 Å². The van der Waals surface area contributed by atoms with Crippen LogP contribution >= 0.6 is 0 Å². The van der Waals surface area contributed by atoms with Crippen molar-refractivity contribution in [1.29, 1.82) is 0 Å². The number of phenolic OH excluding ortho intramolecular Hbond substituents is 1. The molecule has 3 rings (SSSR count). The molecule has 16 heavy (non-hydrogen) atoms. The third-order valence-corrected chi connectivity index (χ3v) is 2.48. The fourth-order valence-corrected chi connectivity index (χ4v) is 1.76. The van der Waals surface area contributed by atoms with Crippen LogP contribution in [0.5, 0.6) is 5.75 Å². The van der Waals surface area contributed by atoms with Crippen molar-refractivity contribution in [2.45, 2.75) is 0 Å². The minimum atomic E-state index is 0.153. The van der Waals surface area contributed by atoms with E-state index >= 15 is 0 Å². The number of nitrogens with zero attached hydrogens (tertiary/aromatic N) is 3. The number of phenols is 1. The van der Waals surface area contributed by atoms with Crippen molar-refractivity contribution in [2.24, 2.45) is 0 Å². The van der Waals surface area contributed by atoms with E-state index in [2.05, 4.69) is 20.6 Å². The van der Waals surface area contributed by atoms with E-state index < -0.39 is 0 Å². The highest BCUT2D eigenvalue weighted by Gasteiger charge is 2.12. The lowest BCUT2D eigenvalue weighted by Crippen LogP contribution is -1.85. The summed E-state index contributed by atoms with van der Waals surface area (Å²) in [7, 11) is 0. The van der Waals surface area contributed by atoms with E-state index in [-0.39, 0.29) is 5.75 Å². The summed E-state index contributed by atoms with van der Waals surface area (Å²) in [6.45, 7) is 0. The van der Waals surface area contributed by atoms with Crippen LogP contribution in [-0.2, 0) is 0 Å². The Bertz CT molecular complexity index is 634. The highest BCUT2D eigenvalue weighted by atomic mass is 16.3. The number of aromatic nitrogens is 4. The average Bonchev–Trinajstić information content (AvgIpc) is 2.82. The summed E-state index contributed by atoms with van der Waals surface area (Å²) in [5, 5.41) is 25.5. The van der Waals surface area contributed by atoms with Crippen LogP contribution in [0.25, 0.3) is 22.2 Å². The van der Waals surface area contributed by atoms with Crippen molar-refractivity contribution < 1.29 is 5.11 Å². The van der Waals surface area contributed by atoms with Crippen LogP contribution in [0.2, 0.25) is 0 Å². The molecule has 0 saturated carbocycles. The van der Waals surface area contributed by atoms with Crippen molar-refractivity contribution in [1.82, 2.24) is 20.6 Å². The number of H-pyrrole nitrogens is 1. The van der Waals surface area contributed by atoms with Crippen LogP contribution < -0.4 is 0 Å². The van der Waals surface area contributed by atoms with Crippen LogP contribution in [0.15, 0.2) is 36.4 Å². The first-order chi connectivity index (χ1) is 7.86. The molecule has 5 nitrogen and oxygen atoms in total. The number of nitrogens with one attached hydrogen (secondary N) is 1. The normalized spacial score (nSPS) is 10.8. The van der Waals surface area contributed by atoms with Gasteiger partial charge in [0.25, 0.3) is 0 Å². The average molecular weight is 212 g/mol. The number of benzene rings is 2. The van der Waals surface area contributed by atoms with E-state index in [9.17, 15) is 5.11 Å². The summed E-state index contributed by atoms with van der Waals surface area (Å²) >= 11 is 0. The van der Waals surface area contributed by atoms with E-state index in [1.165, 1.54) is 0 Å². The second-order valence-corrected chi connectivity index (χ2v) is 3.42. The Kier molecular flexibility index (Phi) is 1.83. The molecule has 0 aliphatic heterocycles. The zero-order valence-corrected chi connectivity index (χ0v) is 8.25. The SMILES string of the molecule is Oc1ccc2ccccc2c1-c1nn[nH]n1. The first-order valence-corrected chi connectivity index (χ1v) is 4.81. The lowest BCUT2D eigenvalue weighted by atomic mass is 10.0. The molecule has 0 saturated heterocycles. The van der Waals surface area contributed by atoms with Gasteiger partial charge in [0.2, 0.25) is 5.82 Å². The van der Waals surface area contributed by atoms with Crippen LogP contribution in [0.1, 0.15) is 0 Å². The van der Waals surface area contributed by atoms with Crippen molar-refractivity contribution in [3.63, 3.8) is 0 Å². The third-order valence-electron chi connectivity index (χ3n) is 2.48. The number of aromatic hydroxyl groups is 1. The molecule has 0 radical (unpaired) electrons. The maximum Gasteiger partial charge on any atom is 0.209 e. The Morgan fingerprint density at radius 2 is 1.94 bits per heavy atom. The Balaban J connectivity index is 2.42. The first kappa shape index (κ1) is 8.84. The van der Waals surface area contributed by atoms with Crippen LogP contribution in [0.3, 0.4) is 0 Å². The lowest BCUT2D eigenvalue weighted by molar-refractivity contribution is 0.477. The standard InChI is InChI=1S/C11H8N4O/c16-9-6-5-7-3-1-2-4-8(7)10(9)11-12-14-15-13-11/h1-6,16H,(H,12,13,14,15). The molecule has 0 bridgehead atoms. The van der Waals surface area contributed by atoms with Gasteiger partial charge in [-0.25, -0.2) is 0 Å². The van der Waals surface area contributed by atoms with E-state index in [0.717, 1.165) is 10.8 Å². The van der Waals surface area contributed by atoms with Gasteiger partial charge in [-0.2, -0.15) is 5.21 Å². The van der Waals surface area contributed by atoms with E-state index in [0.29, 0.717) is 11.4 Å². The smallest absolute Gasteiger partial charge is 0.209 e. The molecule has 1 aromatic heterocycles. The van der Waals surface area contributed by atoms with Gasteiger partial charge in [-0.15, -0.1) is 10.2 Å². The summed E-state index contributed by atoms with van der Waals surface area (Å²) in [4.78, 5) is 0. The number of hydrogen-bond donors (Lipinski definition) is 2. The van der Waals surface area contributed by atoms with Gasteiger partial charge in [0.05, 0.1) is 5.56 Å². The van der Waals surface area contributed by atoms with Gasteiger partial charge in [0.1, 0.15) is 5.75 Å². The maximum atomic E-state index is 9.86. The van der Waals surface area contributed by atoms with Gasteiger partial charge in [-0.3, -0.25) is 0 Å². The minimum absolute atomic E-state index is 0.153. The first-order valence-electron chi connectivity index (χ1n) is 4.81. The summed E-state index contributed by atoms with van der Waals surface area (Å²) in [5.41, 5.74) is 0.604. The molecule has 78 valence electrons. The van der Waals surface area contributed by atoms with Crippen molar-refractivity contribution in [3.8, 4) is 17.1 Å². The Labute approximate surface area is 90.7 Å². The largest absolute Gasteiger partial charge is 0.507 e. The van der Waals surface area contributed by atoms with Crippen LogP contribution in [0.4, 0.5) is 0 Å². The Hall–Kier alpha value is -2.43. The highest BCUT2D eigenvalue weighted by molar-refractivity contribution is 5.97. The molecule has 3 aromatic rings. The fraction of sp³-hybridized carbons (Fsp3) is 0. The topological polar surface area (TPSA) is 74.7 Å². The summed E-state index contributed by atoms with van der Waals surface area (Å²) in [6, 6.07) is 11.2. The fourth-order valence-electron chi connectivity index (χ4n) is 1.76. The van der Waals surface area contributed by atoms with Crippen molar-refractivity contribution in [3.05, 3.63) is 36.4 Å². The zero-order chi connectivity index (χ0) is 11.0. The molecule has 0 amide bonds. The molecule has 0 spiro atoms. The molecule has 2 aromatic carbocycles. The van der Waals surface area contributed by atoms with E-state index in [4.69, 9.17) is 0 Å². The maximum absolute atomic E-state index is 9.86. The monoisotopic (exact) mass is 212 g/mol. The zero-order valence-electron chi connectivity index (χ0n) is 8.25. The second kappa shape index (κ2) is 3.30. The molecule has 0 aliphatic carbocycles. The quantitative estimate of drug-likeness (QED) is 0.644. The molecule has 0 aliphatic rings. The Morgan fingerprint density at radius 1 is 1.06 bits per heavy atom. The molecule has 0 atom stereocenters. The number of hydrogen-bond acceptors (Lipinski definition) is 4. The van der Waals surface area contributed by atoms with Crippen molar-refractivity contribution in [2.75, 3.05) is 0 Å². The number of aromatic amines is 1. The van der Waals surface area contributed by atoms with Crippen LogP contribution in [-0.4, -0.2) is 25.7 Å². The van der Waals surface area contributed by atoms with Crippen LogP contribution in [0, 0.1) is 0 Å². The predicted molar refractivity (Wildman–Crippen MR) is 58.8 cm³/mol. The van der Waals surface area contributed by atoms with E-state index in [1.54, 1.807) is 6.07 Å². The molecule has 0 unspecified atom stereocenters. The molecule has 1 heterocycles. The molecule has 2 N–H and O–H groups in total. The third kappa shape index (κ3) is 1.22. The molecule has 5 heteroatoms. The van der Waals surface area contributed by atoms with E-state index in [1.807, 2.05) is 30.3 Å². The number of tetrazole rings is 1. The molecule has 0 fully saturated rings. The molecular formula is C11H8N4O.